The molecule has 4 nitrogen and oxygen atoms in total. The number of hydrogen-bond acceptors (Lipinski definition) is 2. The van der Waals surface area contributed by atoms with Crippen LogP contribution in [0.15, 0.2) is 42.6 Å². The number of hydrogen-bond donors (Lipinski definition) is 2. The molecular weight excluding hydrogens is 333 g/mol. The highest BCUT2D eigenvalue weighted by atomic mass is 19.2. The average molecular weight is 348 g/mol. The third-order valence-corrected chi connectivity index (χ3v) is 4.07. The van der Waals surface area contributed by atoms with Gasteiger partial charge < -0.3 is 15.0 Å². The summed E-state index contributed by atoms with van der Waals surface area (Å²) in [6, 6.07) is 7.37. The topological polar surface area (TPSA) is 54.3 Å². The average Bonchev–Trinajstić information content (AvgIpc) is 2.98. The SMILES string of the molecule is Cn1ccc2c(C(=O)NC(CO)c3cc(F)c(F)c(F)c3)cccc21. The molecule has 25 heavy (non-hydrogen) atoms. The van der Waals surface area contributed by atoms with Crippen LogP contribution in [0.5, 0.6) is 0 Å². The van der Waals surface area contributed by atoms with Crippen LogP contribution in [-0.4, -0.2) is 22.2 Å². The number of carbonyl (C=O) groups excluding carboxylic acids is 1. The van der Waals surface area contributed by atoms with E-state index in [9.17, 15) is 23.1 Å². The molecule has 0 radical (unpaired) electrons. The highest BCUT2D eigenvalue weighted by Gasteiger charge is 2.20. The number of benzene rings is 2. The first-order valence-corrected chi connectivity index (χ1v) is 7.52. The lowest BCUT2D eigenvalue weighted by atomic mass is 10.0. The first kappa shape index (κ1) is 17.0. The quantitative estimate of drug-likeness (QED) is 0.712. The maximum absolute atomic E-state index is 13.4. The normalized spacial score (nSPS) is 12.4. The Labute approximate surface area is 141 Å². The highest BCUT2D eigenvalue weighted by Crippen LogP contribution is 2.22. The van der Waals surface area contributed by atoms with Gasteiger partial charge in [0.15, 0.2) is 17.5 Å². The van der Waals surface area contributed by atoms with E-state index in [1.54, 1.807) is 24.4 Å². The lowest BCUT2D eigenvalue weighted by Crippen LogP contribution is -2.31. The van der Waals surface area contributed by atoms with Crippen LogP contribution < -0.4 is 5.32 Å². The Bertz CT molecular complexity index is 930. The van der Waals surface area contributed by atoms with Gasteiger partial charge in [0.05, 0.1) is 12.6 Å². The van der Waals surface area contributed by atoms with Crippen molar-refractivity contribution >= 4 is 16.8 Å². The monoisotopic (exact) mass is 348 g/mol. The van der Waals surface area contributed by atoms with Crippen molar-refractivity contribution in [3.63, 3.8) is 0 Å². The summed E-state index contributed by atoms with van der Waals surface area (Å²) in [6.07, 6.45) is 1.80. The molecule has 1 heterocycles. The van der Waals surface area contributed by atoms with Crippen molar-refractivity contribution < 1.29 is 23.1 Å². The summed E-state index contributed by atoms with van der Waals surface area (Å²) < 4.78 is 41.7. The van der Waals surface area contributed by atoms with Crippen LogP contribution in [0.2, 0.25) is 0 Å². The fourth-order valence-electron chi connectivity index (χ4n) is 2.75. The number of aromatic nitrogens is 1. The van der Waals surface area contributed by atoms with Gasteiger partial charge in [-0.1, -0.05) is 6.07 Å². The van der Waals surface area contributed by atoms with Gasteiger partial charge in [0.2, 0.25) is 0 Å². The van der Waals surface area contributed by atoms with Crippen LogP contribution in [0.1, 0.15) is 22.0 Å². The zero-order valence-corrected chi connectivity index (χ0v) is 13.3. The van der Waals surface area contributed by atoms with E-state index in [4.69, 9.17) is 0 Å². The summed E-state index contributed by atoms with van der Waals surface area (Å²) in [6.45, 7) is -0.596. The van der Waals surface area contributed by atoms with Crippen LogP contribution in [0.4, 0.5) is 13.2 Å². The number of nitrogens with one attached hydrogen (secondary N) is 1. The van der Waals surface area contributed by atoms with Crippen LogP contribution in [-0.2, 0) is 7.05 Å². The van der Waals surface area contributed by atoms with E-state index >= 15 is 0 Å². The van der Waals surface area contributed by atoms with Gasteiger partial charge in [-0.3, -0.25) is 4.79 Å². The van der Waals surface area contributed by atoms with Crippen LogP contribution in [0.25, 0.3) is 10.9 Å². The molecule has 0 aliphatic rings. The van der Waals surface area contributed by atoms with Gasteiger partial charge in [-0.15, -0.1) is 0 Å². The van der Waals surface area contributed by atoms with E-state index < -0.39 is 36.0 Å². The third kappa shape index (κ3) is 3.10. The molecule has 1 amide bonds. The van der Waals surface area contributed by atoms with Crippen LogP contribution >= 0.6 is 0 Å². The molecule has 1 atom stereocenters. The van der Waals surface area contributed by atoms with Crippen LogP contribution in [0, 0.1) is 17.5 Å². The molecule has 1 aromatic heterocycles. The van der Waals surface area contributed by atoms with E-state index in [1.165, 1.54) is 0 Å². The summed E-state index contributed by atoms with van der Waals surface area (Å²) in [7, 11) is 1.84. The number of aliphatic hydroxyl groups is 1. The second kappa shape index (κ2) is 6.60. The number of rotatable bonds is 4. The van der Waals surface area contributed by atoms with Gasteiger partial charge in [0.25, 0.3) is 5.91 Å². The zero-order valence-electron chi connectivity index (χ0n) is 13.3. The van der Waals surface area contributed by atoms with E-state index in [-0.39, 0.29) is 5.56 Å². The van der Waals surface area contributed by atoms with E-state index in [1.807, 2.05) is 17.7 Å². The Morgan fingerprint density at radius 1 is 1.20 bits per heavy atom. The molecular formula is C18H15F3N2O2. The van der Waals surface area contributed by atoms with Crippen molar-refractivity contribution in [1.82, 2.24) is 9.88 Å². The molecule has 1 unspecified atom stereocenters. The summed E-state index contributed by atoms with van der Waals surface area (Å²) in [4.78, 5) is 12.6. The number of amides is 1. The molecule has 130 valence electrons. The molecule has 0 aliphatic carbocycles. The van der Waals surface area contributed by atoms with Gasteiger partial charge in [0, 0.05) is 29.7 Å². The molecule has 0 spiro atoms. The standard InChI is InChI=1S/C18H15F3N2O2/c1-23-6-5-11-12(3-2-4-16(11)23)18(25)22-15(9-24)10-7-13(19)17(21)14(20)8-10/h2-8,15,24H,9H2,1H3,(H,22,25). The minimum Gasteiger partial charge on any atom is -0.394 e. The first-order chi connectivity index (χ1) is 11.9. The minimum atomic E-state index is -1.60. The molecule has 2 aromatic carbocycles. The zero-order chi connectivity index (χ0) is 18.1. The number of aliphatic hydroxyl groups excluding tert-OH is 1. The third-order valence-electron chi connectivity index (χ3n) is 4.07. The maximum atomic E-state index is 13.4. The molecule has 7 heteroatoms. The largest absolute Gasteiger partial charge is 0.394 e. The molecule has 0 saturated heterocycles. The van der Waals surface area contributed by atoms with E-state index in [0.717, 1.165) is 17.6 Å². The Kier molecular flexibility index (Phi) is 4.50. The summed E-state index contributed by atoms with van der Waals surface area (Å²) >= 11 is 0. The minimum absolute atomic E-state index is 0.0625. The van der Waals surface area contributed by atoms with Crippen molar-refractivity contribution in [2.45, 2.75) is 6.04 Å². The van der Waals surface area contributed by atoms with Crippen molar-refractivity contribution in [2.75, 3.05) is 6.61 Å². The molecule has 3 rings (SSSR count). The second-order valence-electron chi connectivity index (χ2n) is 5.67. The second-order valence-corrected chi connectivity index (χ2v) is 5.67. The fourth-order valence-corrected chi connectivity index (χ4v) is 2.75. The van der Waals surface area contributed by atoms with E-state index in [2.05, 4.69) is 5.32 Å². The van der Waals surface area contributed by atoms with Crippen molar-refractivity contribution in [3.05, 3.63) is 71.2 Å². The predicted molar refractivity (Wildman–Crippen MR) is 86.5 cm³/mol. The molecule has 3 aromatic rings. The molecule has 0 bridgehead atoms. The number of fused-ring (bicyclic) bond motifs is 1. The number of aryl methyl sites for hydroxylation is 1. The smallest absolute Gasteiger partial charge is 0.252 e. The number of carbonyl (C=O) groups is 1. The maximum Gasteiger partial charge on any atom is 0.252 e. The first-order valence-electron chi connectivity index (χ1n) is 7.52. The summed E-state index contributed by atoms with van der Waals surface area (Å²) in [5.74, 6) is -4.87. The molecule has 0 saturated carbocycles. The van der Waals surface area contributed by atoms with Gasteiger partial charge in [0.1, 0.15) is 0 Å². The Morgan fingerprint density at radius 3 is 2.52 bits per heavy atom. The van der Waals surface area contributed by atoms with Gasteiger partial charge in [-0.2, -0.15) is 0 Å². The van der Waals surface area contributed by atoms with E-state index in [0.29, 0.717) is 10.9 Å². The van der Waals surface area contributed by atoms with Crippen molar-refractivity contribution in [3.8, 4) is 0 Å². The van der Waals surface area contributed by atoms with Gasteiger partial charge in [-0.05, 0) is 35.9 Å². The Balaban J connectivity index is 1.92. The van der Waals surface area contributed by atoms with Crippen molar-refractivity contribution in [2.24, 2.45) is 7.05 Å². The highest BCUT2D eigenvalue weighted by molar-refractivity contribution is 6.06. The predicted octanol–water partition coefficient (Wildman–Crippen LogP) is 3.06. The molecule has 2 N–H and O–H groups in total. The Hall–Kier alpha value is -2.80. The summed E-state index contributed by atoms with van der Waals surface area (Å²) in [5, 5.41) is 12.7. The fraction of sp³-hybridized carbons (Fsp3) is 0.167. The molecule has 0 aliphatic heterocycles. The van der Waals surface area contributed by atoms with Gasteiger partial charge in [-0.25, -0.2) is 13.2 Å². The number of halogens is 3. The van der Waals surface area contributed by atoms with Crippen LogP contribution in [0.3, 0.4) is 0 Å². The summed E-state index contributed by atoms with van der Waals surface area (Å²) in [5.41, 5.74) is 1.14. The van der Waals surface area contributed by atoms with Gasteiger partial charge >= 0.3 is 0 Å². The lowest BCUT2D eigenvalue weighted by Gasteiger charge is -2.17. The number of nitrogens with zero attached hydrogens (tertiary/aromatic N) is 1. The van der Waals surface area contributed by atoms with Crippen molar-refractivity contribution in [1.29, 1.82) is 0 Å². The lowest BCUT2D eigenvalue weighted by molar-refractivity contribution is 0.0917. The molecule has 0 fully saturated rings. The Morgan fingerprint density at radius 2 is 1.88 bits per heavy atom.